The van der Waals surface area contributed by atoms with Crippen LogP contribution in [0.5, 0.6) is 0 Å². The largest absolute Gasteiger partial charge is 0.478 e. The molecule has 0 atom stereocenters. The zero-order valence-electron chi connectivity index (χ0n) is 20.7. The summed E-state index contributed by atoms with van der Waals surface area (Å²) in [6.45, 7) is 4.52. The maximum atomic E-state index is 12.0. The van der Waals surface area contributed by atoms with Crippen LogP contribution >= 0.6 is 0 Å². The molecule has 2 aliphatic carbocycles. The van der Waals surface area contributed by atoms with Gasteiger partial charge in [0.15, 0.2) is 0 Å². The Morgan fingerprint density at radius 3 is 1.94 bits per heavy atom. The Labute approximate surface area is 200 Å². The second-order valence-electron chi connectivity index (χ2n) is 10.7. The summed E-state index contributed by atoms with van der Waals surface area (Å²) >= 11 is 0. The van der Waals surface area contributed by atoms with E-state index >= 15 is 0 Å². The van der Waals surface area contributed by atoms with Gasteiger partial charge in [-0.25, -0.2) is 4.79 Å². The highest BCUT2D eigenvalue weighted by molar-refractivity contribution is 5.89. The van der Waals surface area contributed by atoms with Crippen molar-refractivity contribution < 1.29 is 9.90 Å². The molecule has 33 heavy (non-hydrogen) atoms. The molecular formula is C31H42O2. The Hall–Kier alpha value is -2.09. The molecule has 2 fully saturated rings. The van der Waals surface area contributed by atoms with Gasteiger partial charge in [0, 0.05) is 0 Å². The molecule has 0 amide bonds. The molecule has 0 saturated heterocycles. The van der Waals surface area contributed by atoms with Gasteiger partial charge < -0.3 is 5.11 Å². The highest BCUT2D eigenvalue weighted by Crippen LogP contribution is 2.43. The lowest BCUT2D eigenvalue weighted by Gasteiger charge is -2.32. The average molecular weight is 447 g/mol. The lowest BCUT2D eigenvalue weighted by molar-refractivity contribution is 0.0694. The molecule has 1 N–H and O–H groups in total. The van der Waals surface area contributed by atoms with Crippen LogP contribution in [0.4, 0.5) is 0 Å². The summed E-state index contributed by atoms with van der Waals surface area (Å²) < 4.78 is 0. The number of carboxylic acids is 1. The van der Waals surface area contributed by atoms with E-state index in [4.69, 9.17) is 0 Å². The number of benzene rings is 2. The SMILES string of the molecule is CCCc1ccc(C2CCC(c3cc(C4CCC(CCC)CC4)ccc3C(=O)O)CC2)cc1. The summed E-state index contributed by atoms with van der Waals surface area (Å²) in [6.07, 6.45) is 14.7. The number of hydrogen-bond acceptors (Lipinski definition) is 1. The highest BCUT2D eigenvalue weighted by atomic mass is 16.4. The normalized spacial score (nSPS) is 25.6. The van der Waals surface area contributed by atoms with Gasteiger partial charge in [0.2, 0.25) is 0 Å². The molecule has 2 saturated carbocycles. The third-order valence-corrected chi connectivity index (χ3v) is 8.48. The first kappa shape index (κ1) is 24.0. The molecule has 178 valence electrons. The van der Waals surface area contributed by atoms with E-state index in [0.29, 0.717) is 23.3 Å². The molecule has 4 rings (SSSR count). The van der Waals surface area contributed by atoms with Gasteiger partial charge in [0.1, 0.15) is 0 Å². The number of rotatable bonds is 8. The van der Waals surface area contributed by atoms with Crippen molar-refractivity contribution in [3.63, 3.8) is 0 Å². The van der Waals surface area contributed by atoms with Crippen LogP contribution in [0, 0.1) is 5.92 Å². The van der Waals surface area contributed by atoms with E-state index in [9.17, 15) is 9.90 Å². The molecule has 2 nitrogen and oxygen atoms in total. The van der Waals surface area contributed by atoms with Gasteiger partial charge in [-0.3, -0.25) is 0 Å². The lowest BCUT2D eigenvalue weighted by Crippen LogP contribution is -2.17. The fraction of sp³-hybridized carbons (Fsp3) is 0.581. The van der Waals surface area contributed by atoms with E-state index in [0.717, 1.165) is 43.6 Å². The maximum Gasteiger partial charge on any atom is 0.335 e. The summed E-state index contributed by atoms with van der Waals surface area (Å²) in [7, 11) is 0. The second-order valence-corrected chi connectivity index (χ2v) is 10.7. The van der Waals surface area contributed by atoms with E-state index in [-0.39, 0.29) is 0 Å². The highest BCUT2D eigenvalue weighted by Gasteiger charge is 2.28. The van der Waals surface area contributed by atoms with Crippen molar-refractivity contribution in [2.75, 3.05) is 0 Å². The van der Waals surface area contributed by atoms with E-state index in [1.165, 1.54) is 61.6 Å². The second kappa shape index (κ2) is 11.4. The molecule has 2 aliphatic rings. The van der Waals surface area contributed by atoms with Crippen molar-refractivity contribution in [3.8, 4) is 0 Å². The number of carboxylic acid groups (broad SMARTS) is 1. The van der Waals surface area contributed by atoms with Gasteiger partial charge in [0.25, 0.3) is 0 Å². The fourth-order valence-electron chi connectivity index (χ4n) is 6.54. The smallest absolute Gasteiger partial charge is 0.335 e. The summed E-state index contributed by atoms with van der Waals surface area (Å²) in [5.41, 5.74) is 5.92. The van der Waals surface area contributed by atoms with Gasteiger partial charge in [-0.1, -0.05) is 69.5 Å². The zero-order chi connectivity index (χ0) is 23.2. The van der Waals surface area contributed by atoms with Gasteiger partial charge in [0.05, 0.1) is 5.56 Å². The van der Waals surface area contributed by atoms with Crippen molar-refractivity contribution >= 4 is 5.97 Å². The van der Waals surface area contributed by atoms with Crippen LogP contribution in [0.15, 0.2) is 42.5 Å². The summed E-state index contributed by atoms with van der Waals surface area (Å²) in [5, 5.41) is 9.89. The minimum absolute atomic E-state index is 0.378. The van der Waals surface area contributed by atoms with Crippen molar-refractivity contribution in [3.05, 3.63) is 70.3 Å². The first-order valence-corrected chi connectivity index (χ1v) is 13.5. The molecule has 0 radical (unpaired) electrons. The summed E-state index contributed by atoms with van der Waals surface area (Å²) in [4.78, 5) is 12.0. The van der Waals surface area contributed by atoms with Crippen LogP contribution in [0.2, 0.25) is 0 Å². The van der Waals surface area contributed by atoms with Gasteiger partial charge in [-0.05, 0) is 110 Å². The first-order chi connectivity index (χ1) is 16.1. The van der Waals surface area contributed by atoms with Gasteiger partial charge in [-0.15, -0.1) is 0 Å². The van der Waals surface area contributed by atoms with Crippen LogP contribution in [-0.2, 0) is 6.42 Å². The molecule has 0 aromatic heterocycles. The molecule has 0 bridgehead atoms. The minimum atomic E-state index is -0.767. The molecule has 0 unspecified atom stereocenters. The third kappa shape index (κ3) is 5.89. The molecule has 0 aliphatic heterocycles. The maximum absolute atomic E-state index is 12.0. The molecular weight excluding hydrogens is 404 g/mol. The van der Waals surface area contributed by atoms with Crippen LogP contribution in [0.3, 0.4) is 0 Å². The molecule has 2 heteroatoms. The Morgan fingerprint density at radius 1 is 0.758 bits per heavy atom. The Balaban J connectivity index is 1.44. The zero-order valence-corrected chi connectivity index (χ0v) is 20.7. The quantitative estimate of drug-likeness (QED) is 0.439. The monoisotopic (exact) mass is 446 g/mol. The number of carbonyl (C=O) groups is 1. The Bertz CT molecular complexity index is 897. The molecule has 2 aromatic rings. The topological polar surface area (TPSA) is 37.3 Å². The van der Waals surface area contributed by atoms with Crippen LogP contribution < -0.4 is 0 Å². The minimum Gasteiger partial charge on any atom is -0.478 e. The standard InChI is InChI=1S/C31H42O2/c1-3-5-22-7-11-24(12-8-22)25-15-17-27(18-16-25)30-21-28(19-20-29(30)31(32)33)26-13-9-23(6-4-2)10-14-26/h7-8,11-12,19-21,23,25-27H,3-6,9-10,13-18H2,1-2H3,(H,32,33). The van der Waals surface area contributed by atoms with Crippen molar-refractivity contribution in [2.45, 2.75) is 109 Å². The Kier molecular flexibility index (Phi) is 8.28. The summed E-state index contributed by atoms with van der Waals surface area (Å²) in [5.74, 6) is 1.73. The number of aromatic carboxylic acids is 1. The lowest BCUT2D eigenvalue weighted by atomic mass is 9.73. The average Bonchev–Trinajstić information content (AvgIpc) is 2.85. The van der Waals surface area contributed by atoms with E-state index in [2.05, 4.69) is 50.2 Å². The van der Waals surface area contributed by atoms with Gasteiger partial charge >= 0.3 is 5.97 Å². The first-order valence-electron chi connectivity index (χ1n) is 13.5. The van der Waals surface area contributed by atoms with Crippen LogP contribution in [0.1, 0.15) is 135 Å². The predicted molar refractivity (Wildman–Crippen MR) is 137 cm³/mol. The van der Waals surface area contributed by atoms with Crippen molar-refractivity contribution in [1.82, 2.24) is 0 Å². The van der Waals surface area contributed by atoms with E-state index in [1.807, 2.05) is 6.07 Å². The summed E-state index contributed by atoms with van der Waals surface area (Å²) in [6, 6.07) is 15.6. The third-order valence-electron chi connectivity index (χ3n) is 8.48. The molecule has 2 aromatic carbocycles. The number of aryl methyl sites for hydroxylation is 1. The molecule has 0 spiro atoms. The van der Waals surface area contributed by atoms with Crippen LogP contribution in [0.25, 0.3) is 0 Å². The van der Waals surface area contributed by atoms with E-state index in [1.54, 1.807) is 0 Å². The van der Waals surface area contributed by atoms with Crippen LogP contribution in [-0.4, -0.2) is 11.1 Å². The molecule has 0 heterocycles. The van der Waals surface area contributed by atoms with E-state index < -0.39 is 5.97 Å². The number of hydrogen-bond donors (Lipinski definition) is 1. The van der Waals surface area contributed by atoms with Crippen molar-refractivity contribution in [2.24, 2.45) is 5.92 Å². The Morgan fingerprint density at radius 2 is 1.33 bits per heavy atom. The van der Waals surface area contributed by atoms with Gasteiger partial charge in [-0.2, -0.15) is 0 Å². The van der Waals surface area contributed by atoms with Crippen molar-refractivity contribution in [1.29, 1.82) is 0 Å². The fourth-order valence-corrected chi connectivity index (χ4v) is 6.54. The predicted octanol–water partition coefficient (Wildman–Crippen LogP) is 8.85.